The van der Waals surface area contributed by atoms with Gasteiger partial charge in [-0.3, -0.25) is 0 Å². The maximum Gasteiger partial charge on any atom is 0.407 e. The second kappa shape index (κ2) is 10.7. The predicted octanol–water partition coefficient (Wildman–Crippen LogP) is 4.46. The Kier molecular flexibility index (Phi) is 7.21. The van der Waals surface area contributed by atoms with Crippen LogP contribution in [0.1, 0.15) is 37.7 Å². The molecule has 9 heteroatoms. The highest BCUT2D eigenvalue weighted by Crippen LogP contribution is 2.37. The zero-order chi connectivity index (χ0) is 25.8. The van der Waals surface area contributed by atoms with Gasteiger partial charge in [-0.25, -0.2) is 9.78 Å². The summed E-state index contributed by atoms with van der Waals surface area (Å²) in [7, 11) is 3.10. The Morgan fingerprint density at radius 1 is 1.08 bits per heavy atom. The van der Waals surface area contributed by atoms with Crippen molar-refractivity contribution in [3.8, 4) is 17.4 Å². The Balaban J connectivity index is 1.34. The molecule has 2 aromatic carbocycles. The number of ether oxygens (including phenoxy) is 3. The number of amides is 1. The first kappa shape index (κ1) is 24.9. The summed E-state index contributed by atoms with van der Waals surface area (Å²) in [6, 6.07) is 13.5. The standard InChI is InChI=1S/C28H34N4O5/c1-35-23-15-21-22(16-24(23)36-2)30-26(31-25(21)33)32-13-11-28(12-14-32,17-19-7-4-3-5-8-19)37-27(34)29-18-20-9-6-10-20/h3-5,7-8,15-16,20H,6,9-14,17-18H2,1-2H3,(H,29,34)(H,30,31,33). The third-order valence-electron chi connectivity index (χ3n) is 7.56. The highest BCUT2D eigenvalue weighted by Gasteiger charge is 2.39. The van der Waals surface area contributed by atoms with Crippen molar-refractivity contribution in [3.05, 3.63) is 48.0 Å². The molecule has 0 spiro atoms. The van der Waals surface area contributed by atoms with Crippen molar-refractivity contribution >= 4 is 22.9 Å². The summed E-state index contributed by atoms with van der Waals surface area (Å²) < 4.78 is 16.9. The van der Waals surface area contributed by atoms with Gasteiger partial charge in [-0.2, -0.15) is 4.98 Å². The number of carbonyl (C=O) groups is 1. The number of aromatic nitrogens is 2. The zero-order valence-electron chi connectivity index (χ0n) is 21.4. The summed E-state index contributed by atoms with van der Waals surface area (Å²) in [6.45, 7) is 1.84. The number of nitrogens with one attached hydrogen (secondary N) is 1. The van der Waals surface area contributed by atoms with Crippen LogP contribution in [0.2, 0.25) is 0 Å². The molecule has 0 unspecified atom stereocenters. The molecule has 1 aliphatic heterocycles. The predicted molar refractivity (Wildman–Crippen MR) is 140 cm³/mol. The summed E-state index contributed by atoms with van der Waals surface area (Å²) in [4.78, 5) is 23.9. The van der Waals surface area contributed by atoms with E-state index in [0.29, 0.717) is 73.2 Å². The van der Waals surface area contributed by atoms with Crippen molar-refractivity contribution in [2.24, 2.45) is 5.92 Å². The summed E-state index contributed by atoms with van der Waals surface area (Å²) in [5.41, 5.74) is 1.06. The van der Waals surface area contributed by atoms with Crippen LogP contribution >= 0.6 is 0 Å². The average Bonchev–Trinajstić information content (AvgIpc) is 2.88. The molecular weight excluding hydrogens is 472 g/mol. The molecule has 2 N–H and O–H groups in total. The van der Waals surface area contributed by atoms with E-state index in [-0.39, 0.29) is 12.0 Å². The molecule has 1 saturated carbocycles. The van der Waals surface area contributed by atoms with E-state index in [9.17, 15) is 9.90 Å². The molecule has 3 aromatic rings. The number of hydrogen-bond acceptors (Lipinski definition) is 8. The number of piperidine rings is 1. The van der Waals surface area contributed by atoms with Crippen LogP contribution in [0.25, 0.3) is 10.9 Å². The van der Waals surface area contributed by atoms with E-state index < -0.39 is 5.60 Å². The lowest BCUT2D eigenvalue weighted by atomic mass is 9.85. The van der Waals surface area contributed by atoms with E-state index in [4.69, 9.17) is 19.2 Å². The maximum absolute atomic E-state index is 12.8. The van der Waals surface area contributed by atoms with Crippen LogP contribution in [0.15, 0.2) is 42.5 Å². The van der Waals surface area contributed by atoms with Gasteiger partial charge in [-0.15, -0.1) is 0 Å². The van der Waals surface area contributed by atoms with Gasteiger partial charge >= 0.3 is 6.09 Å². The number of anilines is 1. The highest BCUT2D eigenvalue weighted by atomic mass is 16.6. The third-order valence-corrected chi connectivity index (χ3v) is 7.56. The van der Waals surface area contributed by atoms with Crippen molar-refractivity contribution in [3.63, 3.8) is 0 Å². The van der Waals surface area contributed by atoms with Gasteiger partial charge in [0.05, 0.1) is 25.1 Å². The van der Waals surface area contributed by atoms with Crippen molar-refractivity contribution in [1.82, 2.24) is 15.3 Å². The van der Waals surface area contributed by atoms with Crippen molar-refractivity contribution in [2.75, 3.05) is 38.8 Å². The van der Waals surface area contributed by atoms with Crippen LogP contribution in [-0.2, 0) is 11.2 Å². The number of rotatable bonds is 8. The van der Waals surface area contributed by atoms with Crippen LogP contribution in [0, 0.1) is 5.92 Å². The first-order valence-corrected chi connectivity index (χ1v) is 12.9. The Morgan fingerprint density at radius 3 is 2.43 bits per heavy atom. The first-order valence-electron chi connectivity index (χ1n) is 12.9. The molecule has 2 heterocycles. The second-order valence-electron chi connectivity index (χ2n) is 9.97. The van der Waals surface area contributed by atoms with Crippen molar-refractivity contribution < 1.29 is 24.1 Å². The van der Waals surface area contributed by atoms with E-state index in [2.05, 4.69) is 22.4 Å². The minimum Gasteiger partial charge on any atom is -0.493 e. The lowest BCUT2D eigenvalue weighted by Gasteiger charge is -2.41. The van der Waals surface area contributed by atoms with Crippen LogP contribution in [0.3, 0.4) is 0 Å². The number of methoxy groups -OCH3 is 2. The van der Waals surface area contributed by atoms with Crippen LogP contribution in [-0.4, -0.2) is 60.6 Å². The number of carbonyl (C=O) groups excluding carboxylic acids is 1. The third kappa shape index (κ3) is 5.50. The molecular formula is C28H34N4O5. The Bertz CT molecular complexity index is 1240. The van der Waals surface area contributed by atoms with E-state index in [1.807, 2.05) is 23.1 Å². The lowest BCUT2D eigenvalue weighted by Crippen LogP contribution is -2.50. The highest BCUT2D eigenvalue weighted by molar-refractivity contribution is 5.87. The minimum atomic E-state index is -0.628. The SMILES string of the molecule is COc1cc2nc(N3CCC(Cc4ccccc4)(OC(=O)NCC4CCC4)CC3)nc(O)c2cc1OC. The number of nitrogens with zero attached hydrogens (tertiary/aromatic N) is 3. The molecule has 0 atom stereocenters. The normalized spacial score (nSPS) is 17.2. The number of benzene rings is 2. The molecule has 1 amide bonds. The Labute approximate surface area is 216 Å². The van der Waals surface area contributed by atoms with Crippen molar-refractivity contribution in [1.29, 1.82) is 0 Å². The Hall–Kier alpha value is -3.75. The summed E-state index contributed by atoms with van der Waals surface area (Å²) in [5.74, 6) is 1.91. The number of fused-ring (bicyclic) bond motifs is 1. The number of hydrogen-bond donors (Lipinski definition) is 2. The molecule has 9 nitrogen and oxygen atoms in total. The van der Waals surface area contributed by atoms with Crippen LogP contribution in [0.5, 0.6) is 17.4 Å². The van der Waals surface area contributed by atoms with Crippen LogP contribution in [0.4, 0.5) is 10.7 Å². The second-order valence-corrected chi connectivity index (χ2v) is 9.97. The topological polar surface area (TPSA) is 106 Å². The molecule has 37 heavy (non-hydrogen) atoms. The quantitative estimate of drug-likeness (QED) is 0.461. The van der Waals surface area contributed by atoms with Gasteiger partial charge in [0.25, 0.3) is 0 Å². The maximum atomic E-state index is 12.8. The molecule has 1 saturated heterocycles. The fourth-order valence-corrected chi connectivity index (χ4v) is 5.12. The molecule has 0 bridgehead atoms. The molecule has 1 aromatic heterocycles. The van der Waals surface area contributed by atoms with E-state index in [0.717, 1.165) is 5.56 Å². The molecule has 0 radical (unpaired) electrons. The minimum absolute atomic E-state index is 0.117. The summed E-state index contributed by atoms with van der Waals surface area (Å²) in [6.07, 6.45) is 5.10. The number of alkyl carbamates (subject to hydrolysis) is 1. The Morgan fingerprint density at radius 2 is 1.78 bits per heavy atom. The van der Waals surface area contributed by atoms with Gasteiger partial charge in [0.2, 0.25) is 11.8 Å². The molecule has 1 aliphatic carbocycles. The lowest BCUT2D eigenvalue weighted by molar-refractivity contribution is -0.00805. The van der Waals surface area contributed by atoms with E-state index >= 15 is 0 Å². The van der Waals surface area contributed by atoms with E-state index in [1.165, 1.54) is 19.3 Å². The monoisotopic (exact) mass is 506 g/mol. The van der Waals surface area contributed by atoms with Gasteiger partial charge in [0, 0.05) is 45.0 Å². The fraction of sp³-hybridized carbons (Fsp3) is 0.464. The first-order chi connectivity index (χ1) is 18.0. The molecule has 2 fully saturated rings. The fourth-order valence-electron chi connectivity index (χ4n) is 5.12. The smallest absolute Gasteiger partial charge is 0.407 e. The van der Waals surface area contributed by atoms with Crippen LogP contribution < -0.4 is 19.7 Å². The number of aromatic hydroxyl groups is 1. The van der Waals surface area contributed by atoms with Gasteiger partial charge in [0.1, 0.15) is 5.60 Å². The van der Waals surface area contributed by atoms with E-state index in [1.54, 1.807) is 26.4 Å². The average molecular weight is 507 g/mol. The van der Waals surface area contributed by atoms with Gasteiger partial charge in [0.15, 0.2) is 11.5 Å². The van der Waals surface area contributed by atoms with Gasteiger partial charge in [-0.05, 0) is 30.4 Å². The molecule has 5 rings (SSSR count). The van der Waals surface area contributed by atoms with Crippen molar-refractivity contribution in [2.45, 2.75) is 44.1 Å². The largest absolute Gasteiger partial charge is 0.493 e. The molecule has 2 aliphatic rings. The summed E-state index contributed by atoms with van der Waals surface area (Å²) in [5, 5.41) is 14.1. The van der Waals surface area contributed by atoms with Gasteiger partial charge in [-0.1, -0.05) is 36.8 Å². The summed E-state index contributed by atoms with van der Waals surface area (Å²) >= 11 is 0. The molecule has 196 valence electrons. The van der Waals surface area contributed by atoms with Gasteiger partial charge < -0.3 is 29.5 Å². The zero-order valence-corrected chi connectivity index (χ0v) is 21.4.